The number of hydrogen-bond donors (Lipinski definition) is 1. The van der Waals surface area contributed by atoms with Crippen molar-refractivity contribution in [1.82, 2.24) is 5.32 Å². The first kappa shape index (κ1) is 16.0. The third kappa shape index (κ3) is 5.62. The molecule has 108 valence electrons. The largest absolute Gasteiger partial charge is 0.493 e. The fourth-order valence-electron chi connectivity index (χ4n) is 2.03. The van der Waals surface area contributed by atoms with Gasteiger partial charge in [-0.15, -0.1) is 0 Å². The van der Waals surface area contributed by atoms with E-state index in [9.17, 15) is 0 Å². The van der Waals surface area contributed by atoms with Crippen LogP contribution in [-0.4, -0.2) is 26.9 Å². The number of aryl methyl sites for hydroxylation is 2. The van der Waals surface area contributed by atoms with Crippen molar-refractivity contribution in [2.24, 2.45) is 5.92 Å². The second-order valence-corrected chi connectivity index (χ2v) is 5.43. The first-order chi connectivity index (χ1) is 9.04. The Morgan fingerprint density at radius 2 is 1.79 bits per heavy atom. The van der Waals surface area contributed by atoms with E-state index in [1.54, 1.807) is 7.11 Å². The van der Waals surface area contributed by atoms with Crippen molar-refractivity contribution in [2.75, 3.05) is 26.9 Å². The molecule has 0 fully saturated rings. The number of benzene rings is 1. The molecule has 0 saturated heterocycles. The van der Waals surface area contributed by atoms with Crippen molar-refractivity contribution < 1.29 is 9.47 Å². The van der Waals surface area contributed by atoms with Crippen molar-refractivity contribution in [2.45, 2.75) is 34.2 Å². The summed E-state index contributed by atoms with van der Waals surface area (Å²) >= 11 is 0. The summed E-state index contributed by atoms with van der Waals surface area (Å²) in [5.74, 6) is 1.59. The van der Waals surface area contributed by atoms with Crippen molar-refractivity contribution >= 4 is 0 Å². The van der Waals surface area contributed by atoms with Gasteiger partial charge in [0.25, 0.3) is 0 Å². The molecule has 0 aliphatic carbocycles. The van der Waals surface area contributed by atoms with Crippen LogP contribution in [0.4, 0.5) is 0 Å². The molecular formula is C16H27NO2. The average molecular weight is 265 g/mol. The molecule has 1 aromatic carbocycles. The predicted molar refractivity (Wildman–Crippen MR) is 79.8 cm³/mol. The van der Waals surface area contributed by atoms with Gasteiger partial charge < -0.3 is 14.8 Å². The van der Waals surface area contributed by atoms with E-state index >= 15 is 0 Å². The van der Waals surface area contributed by atoms with E-state index in [0.29, 0.717) is 5.92 Å². The van der Waals surface area contributed by atoms with Crippen molar-refractivity contribution in [1.29, 1.82) is 0 Å². The van der Waals surface area contributed by atoms with E-state index in [0.717, 1.165) is 32.1 Å². The zero-order chi connectivity index (χ0) is 14.3. The Bertz CT molecular complexity index is 365. The summed E-state index contributed by atoms with van der Waals surface area (Å²) in [5, 5.41) is 3.36. The van der Waals surface area contributed by atoms with Crippen molar-refractivity contribution in [3.8, 4) is 5.75 Å². The topological polar surface area (TPSA) is 30.5 Å². The zero-order valence-electron chi connectivity index (χ0n) is 12.9. The Labute approximate surface area is 117 Å². The van der Waals surface area contributed by atoms with Gasteiger partial charge in [-0.25, -0.2) is 0 Å². The molecule has 3 nitrogen and oxygen atoms in total. The minimum absolute atomic E-state index is 0.550. The molecule has 0 saturated carbocycles. The van der Waals surface area contributed by atoms with Crippen LogP contribution in [0.5, 0.6) is 5.75 Å². The van der Waals surface area contributed by atoms with Crippen LogP contribution in [-0.2, 0) is 11.3 Å². The molecule has 0 unspecified atom stereocenters. The van der Waals surface area contributed by atoms with Gasteiger partial charge in [0.15, 0.2) is 0 Å². The molecule has 19 heavy (non-hydrogen) atoms. The average Bonchev–Trinajstić information content (AvgIpc) is 2.33. The van der Waals surface area contributed by atoms with E-state index in [2.05, 4.69) is 45.1 Å². The van der Waals surface area contributed by atoms with E-state index < -0.39 is 0 Å². The summed E-state index contributed by atoms with van der Waals surface area (Å²) in [4.78, 5) is 0. The quantitative estimate of drug-likeness (QED) is 0.733. The minimum atomic E-state index is 0.550. The van der Waals surface area contributed by atoms with E-state index in [1.807, 2.05) is 0 Å². The first-order valence-corrected chi connectivity index (χ1v) is 6.97. The summed E-state index contributed by atoms with van der Waals surface area (Å²) < 4.78 is 10.9. The van der Waals surface area contributed by atoms with Gasteiger partial charge in [-0.2, -0.15) is 0 Å². The maximum absolute atomic E-state index is 5.89. The highest BCUT2D eigenvalue weighted by atomic mass is 16.5. The summed E-state index contributed by atoms with van der Waals surface area (Å²) in [5.41, 5.74) is 3.72. The lowest BCUT2D eigenvalue weighted by Gasteiger charge is -2.15. The molecule has 0 heterocycles. The van der Waals surface area contributed by atoms with Crippen LogP contribution < -0.4 is 10.1 Å². The highest BCUT2D eigenvalue weighted by molar-refractivity contribution is 5.43. The van der Waals surface area contributed by atoms with Gasteiger partial charge in [0, 0.05) is 20.2 Å². The van der Waals surface area contributed by atoms with Crippen LogP contribution in [0.15, 0.2) is 12.1 Å². The summed E-state index contributed by atoms with van der Waals surface area (Å²) in [6.07, 6.45) is 0. The van der Waals surface area contributed by atoms with Gasteiger partial charge >= 0.3 is 0 Å². The summed E-state index contributed by atoms with van der Waals surface area (Å²) in [6.45, 7) is 11.8. The maximum atomic E-state index is 5.89. The fourth-order valence-corrected chi connectivity index (χ4v) is 2.03. The predicted octanol–water partition coefficient (Wildman–Crippen LogP) is 3.07. The molecule has 0 bridgehead atoms. The van der Waals surface area contributed by atoms with Gasteiger partial charge in [-0.1, -0.05) is 26.0 Å². The lowest BCUT2D eigenvalue weighted by molar-refractivity contribution is 0.199. The Kier molecular flexibility index (Phi) is 6.89. The summed E-state index contributed by atoms with van der Waals surface area (Å²) in [7, 11) is 1.72. The third-order valence-electron chi connectivity index (χ3n) is 2.89. The number of nitrogens with one attached hydrogen (secondary N) is 1. The van der Waals surface area contributed by atoms with Crippen LogP contribution in [0, 0.1) is 19.8 Å². The molecule has 0 aromatic heterocycles. The van der Waals surface area contributed by atoms with E-state index in [4.69, 9.17) is 9.47 Å². The molecule has 0 aliphatic rings. The lowest BCUT2D eigenvalue weighted by Crippen LogP contribution is -2.18. The smallest absolute Gasteiger partial charge is 0.125 e. The Morgan fingerprint density at radius 1 is 1.16 bits per heavy atom. The van der Waals surface area contributed by atoms with Crippen LogP contribution in [0.2, 0.25) is 0 Å². The molecule has 0 spiro atoms. The van der Waals surface area contributed by atoms with Gasteiger partial charge in [0.2, 0.25) is 0 Å². The molecule has 1 N–H and O–H groups in total. The highest BCUT2D eigenvalue weighted by Gasteiger charge is 2.07. The van der Waals surface area contributed by atoms with Gasteiger partial charge in [-0.05, 0) is 36.5 Å². The monoisotopic (exact) mass is 265 g/mol. The van der Waals surface area contributed by atoms with E-state index in [-0.39, 0.29) is 0 Å². The number of hydrogen-bond acceptors (Lipinski definition) is 3. The molecule has 0 radical (unpaired) electrons. The van der Waals surface area contributed by atoms with Crippen LogP contribution in [0.1, 0.15) is 30.5 Å². The molecular weight excluding hydrogens is 238 g/mol. The van der Waals surface area contributed by atoms with Crippen LogP contribution in [0.25, 0.3) is 0 Å². The highest BCUT2D eigenvalue weighted by Crippen LogP contribution is 2.25. The Morgan fingerprint density at radius 3 is 2.32 bits per heavy atom. The molecule has 1 aromatic rings. The SMILES string of the molecule is COCCNCc1cc(C)c(OCC(C)C)c(C)c1. The number of ether oxygens (including phenoxy) is 2. The van der Waals surface area contributed by atoms with Gasteiger partial charge in [0.1, 0.15) is 5.75 Å². The third-order valence-corrected chi connectivity index (χ3v) is 2.89. The van der Waals surface area contributed by atoms with Crippen LogP contribution in [0.3, 0.4) is 0 Å². The Hall–Kier alpha value is -1.06. The van der Waals surface area contributed by atoms with Gasteiger partial charge in [0.05, 0.1) is 13.2 Å². The lowest BCUT2D eigenvalue weighted by atomic mass is 10.1. The second kappa shape index (κ2) is 8.18. The standard InChI is InChI=1S/C16H27NO2/c1-12(2)11-19-16-13(3)8-15(9-14(16)4)10-17-6-7-18-5/h8-9,12,17H,6-7,10-11H2,1-5H3. The van der Waals surface area contributed by atoms with Crippen LogP contribution >= 0.6 is 0 Å². The molecule has 3 heteroatoms. The minimum Gasteiger partial charge on any atom is -0.493 e. The molecule has 1 rings (SSSR count). The molecule has 0 aliphatic heterocycles. The molecule has 0 atom stereocenters. The van der Waals surface area contributed by atoms with Gasteiger partial charge in [-0.3, -0.25) is 0 Å². The summed E-state index contributed by atoms with van der Waals surface area (Å²) in [6, 6.07) is 4.39. The second-order valence-electron chi connectivity index (χ2n) is 5.43. The normalized spacial score (nSPS) is 11.1. The Balaban J connectivity index is 2.62. The fraction of sp³-hybridized carbons (Fsp3) is 0.625. The zero-order valence-corrected chi connectivity index (χ0v) is 12.9. The van der Waals surface area contributed by atoms with Crippen molar-refractivity contribution in [3.05, 3.63) is 28.8 Å². The van der Waals surface area contributed by atoms with E-state index in [1.165, 1.54) is 16.7 Å². The number of rotatable bonds is 8. The molecule has 0 amide bonds. The number of methoxy groups -OCH3 is 1. The maximum Gasteiger partial charge on any atom is 0.125 e. The van der Waals surface area contributed by atoms with Crippen molar-refractivity contribution in [3.63, 3.8) is 0 Å². The first-order valence-electron chi connectivity index (χ1n) is 6.97.